The number of rotatable bonds is 2. The number of ether oxygens (including phenoxy) is 2. The number of hydrogen-bond donors (Lipinski definition) is 1. The summed E-state index contributed by atoms with van der Waals surface area (Å²) in [5.74, 6) is 1.77. The van der Waals surface area contributed by atoms with Gasteiger partial charge in [-0.05, 0) is 31.4 Å². The molecule has 0 saturated heterocycles. The zero-order chi connectivity index (χ0) is 12.8. The van der Waals surface area contributed by atoms with E-state index in [1.54, 1.807) is 0 Å². The van der Waals surface area contributed by atoms with Crippen LogP contribution in [0.25, 0.3) is 0 Å². The Hall–Kier alpha value is -0.740. The first kappa shape index (κ1) is 12.3. The second-order valence-corrected chi connectivity index (χ2v) is 6.14. The molecule has 1 aliphatic heterocycles. The summed E-state index contributed by atoms with van der Waals surface area (Å²) < 4.78 is 12.3. The minimum atomic E-state index is 0.0750. The quantitative estimate of drug-likeness (QED) is 0.911. The third-order valence-electron chi connectivity index (χ3n) is 4.34. The Morgan fingerprint density at radius 2 is 2.06 bits per heavy atom. The predicted octanol–water partition coefficient (Wildman–Crippen LogP) is 3.26. The number of nitrogens with two attached hydrogens (primary N) is 1. The van der Waals surface area contributed by atoms with Gasteiger partial charge in [0.05, 0.1) is 0 Å². The Morgan fingerprint density at radius 1 is 1.33 bits per heavy atom. The van der Waals surface area contributed by atoms with E-state index in [0.29, 0.717) is 13.3 Å². The van der Waals surface area contributed by atoms with E-state index in [0.717, 1.165) is 28.8 Å². The van der Waals surface area contributed by atoms with Crippen LogP contribution in [-0.2, 0) is 5.41 Å². The highest BCUT2D eigenvalue weighted by Crippen LogP contribution is 2.51. The Kier molecular flexibility index (Phi) is 3.02. The largest absolute Gasteiger partial charge is 0.454 e. The molecule has 0 spiro atoms. The SMILES string of the molecule is Cc1c(Br)cc2c(c1C1(CN)CCCC1)OCO2. The van der Waals surface area contributed by atoms with Gasteiger partial charge in [0.2, 0.25) is 6.79 Å². The topological polar surface area (TPSA) is 44.5 Å². The summed E-state index contributed by atoms with van der Waals surface area (Å²) in [4.78, 5) is 0. The fourth-order valence-electron chi connectivity index (χ4n) is 3.35. The Bertz CT molecular complexity index is 481. The lowest BCUT2D eigenvalue weighted by Crippen LogP contribution is -2.33. The molecule has 4 heteroatoms. The number of halogens is 1. The maximum absolute atomic E-state index is 6.10. The number of fused-ring (bicyclic) bond motifs is 1. The van der Waals surface area contributed by atoms with E-state index in [1.165, 1.54) is 24.0 Å². The Balaban J connectivity index is 2.21. The molecule has 3 rings (SSSR count). The maximum Gasteiger partial charge on any atom is 0.231 e. The van der Waals surface area contributed by atoms with Crippen molar-refractivity contribution in [1.29, 1.82) is 0 Å². The summed E-state index contributed by atoms with van der Waals surface area (Å²) in [5, 5.41) is 0. The van der Waals surface area contributed by atoms with Crippen LogP contribution in [0.15, 0.2) is 10.5 Å². The van der Waals surface area contributed by atoms with Crippen LogP contribution < -0.4 is 15.2 Å². The lowest BCUT2D eigenvalue weighted by Gasteiger charge is -2.31. The van der Waals surface area contributed by atoms with Gasteiger partial charge in [-0.3, -0.25) is 0 Å². The fourth-order valence-corrected chi connectivity index (χ4v) is 3.76. The van der Waals surface area contributed by atoms with Crippen molar-refractivity contribution in [3.05, 3.63) is 21.7 Å². The van der Waals surface area contributed by atoms with Gasteiger partial charge < -0.3 is 15.2 Å². The van der Waals surface area contributed by atoms with Crippen LogP contribution in [-0.4, -0.2) is 13.3 Å². The normalized spacial score (nSPS) is 20.4. The first-order valence-corrected chi connectivity index (χ1v) is 7.26. The van der Waals surface area contributed by atoms with Crippen molar-refractivity contribution in [3.8, 4) is 11.5 Å². The number of benzene rings is 1. The van der Waals surface area contributed by atoms with E-state index < -0.39 is 0 Å². The van der Waals surface area contributed by atoms with Crippen molar-refractivity contribution in [2.24, 2.45) is 5.73 Å². The second kappa shape index (κ2) is 4.42. The van der Waals surface area contributed by atoms with Crippen LogP contribution in [0.1, 0.15) is 36.8 Å². The van der Waals surface area contributed by atoms with Gasteiger partial charge in [0.25, 0.3) is 0 Å². The van der Waals surface area contributed by atoms with E-state index in [2.05, 4.69) is 22.9 Å². The van der Waals surface area contributed by atoms with Crippen molar-refractivity contribution < 1.29 is 9.47 Å². The van der Waals surface area contributed by atoms with Gasteiger partial charge in [-0.15, -0.1) is 0 Å². The van der Waals surface area contributed by atoms with E-state index >= 15 is 0 Å². The molecular weight excluding hydrogens is 294 g/mol. The van der Waals surface area contributed by atoms with Crippen LogP contribution in [0.5, 0.6) is 11.5 Å². The van der Waals surface area contributed by atoms with Gasteiger partial charge in [0, 0.05) is 22.0 Å². The fraction of sp³-hybridized carbons (Fsp3) is 0.571. The molecule has 1 heterocycles. The van der Waals surface area contributed by atoms with E-state index in [1.807, 2.05) is 6.07 Å². The van der Waals surface area contributed by atoms with E-state index in [9.17, 15) is 0 Å². The third-order valence-corrected chi connectivity index (χ3v) is 5.17. The highest BCUT2D eigenvalue weighted by Gasteiger charge is 2.40. The molecule has 3 nitrogen and oxygen atoms in total. The summed E-state index contributed by atoms with van der Waals surface area (Å²) in [6.07, 6.45) is 4.80. The predicted molar refractivity (Wildman–Crippen MR) is 74.2 cm³/mol. The van der Waals surface area contributed by atoms with Gasteiger partial charge in [-0.1, -0.05) is 28.8 Å². The maximum atomic E-state index is 6.10. The van der Waals surface area contributed by atoms with Crippen LogP contribution in [0.4, 0.5) is 0 Å². The molecule has 1 saturated carbocycles. The number of hydrogen-bond acceptors (Lipinski definition) is 3. The molecule has 0 bridgehead atoms. The van der Waals surface area contributed by atoms with Crippen LogP contribution in [0.2, 0.25) is 0 Å². The van der Waals surface area contributed by atoms with E-state index in [4.69, 9.17) is 15.2 Å². The van der Waals surface area contributed by atoms with Gasteiger partial charge in [-0.2, -0.15) is 0 Å². The standard InChI is InChI=1S/C14H18BrNO2/c1-9-10(15)6-11-13(18-8-17-11)12(9)14(7-16)4-2-3-5-14/h6H,2-5,7-8,16H2,1H3. The molecule has 1 aromatic carbocycles. The third kappa shape index (κ3) is 1.66. The minimum Gasteiger partial charge on any atom is -0.454 e. The highest BCUT2D eigenvalue weighted by molar-refractivity contribution is 9.10. The zero-order valence-electron chi connectivity index (χ0n) is 10.6. The molecule has 98 valence electrons. The van der Waals surface area contributed by atoms with Crippen molar-refractivity contribution in [2.45, 2.75) is 38.0 Å². The summed E-state index contributed by atoms with van der Waals surface area (Å²) in [6.45, 7) is 3.13. The van der Waals surface area contributed by atoms with Crippen molar-refractivity contribution >= 4 is 15.9 Å². The van der Waals surface area contributed by atoms with Gasteiger partial charge in [-0.25, -0.2) is 0 Å². The average molecular weight is 312 g/mol. The molecule has 0 unspecified atom stereocenters. The van der Waals surface area contributed by atoms with Crippen molar-refractivity contribution in [1.82, 2.24) is 0 Å². The van der Waals surface area contributed by atoms with Crippen LogP contribution in [0, 0.1) is 6.92 Å². The smallest absolute Gasteiger partial charge is 0.231 e. The molecule has 0 aromatic heterocycles. The molecular formula is C14H18BrNO2. The van der Waals surface area contributed by atoms with Gasteiger partial charge in [0.15, 0.2) is 11.5 Å². The minimum absolute atomic E-state index is 0.0750. The molecule has 1 aromatic rings. The summed E-state index contributed by atoms with van der Waals surface area (Å²) in [7, 11) is 0. The van der Waals surface area contributed by atoms with Crippen LogP contribution in [0.3, 0.4) is 0 Å². The first-order valence-electron chi connectivity index (χ1n) is 6.47. The first-order chi connectivity index (χ1) is 8.68. The summed E-state index contributed by atoms with van der Waals surface area (Å²) >= 11 is 3.62. The summed E-state index contributed by atoms with van der Waals surface area (Å²) in [5.41, 5.74) is 8.69. The lowest BCUT2D eigenvalue weighted by atomic mass is 9.76. The molecule has 1 fully saturated rings. The monoisotopic (exact) mass is 311 g/mol. The Labute approximate surface area is 116 Å². The van der Waals surface area contributed by atoms with Crippen LogP contribution >= 0.6 is 15.9 Å². The average Bonchev–Trinajstić information content (AvgIpc) is 3.00. The van der Waals surface area contributed by atoms with Crippen molar-refractivity contribution in [2.75, 3.05) is 13.3 Å². The zero-order valence-corrected chi connectivity index (χ0v) is 12.2. The lowest BCUT2D eigenvalue weighted by molar-refractivity contribution is 0.172. The molecule has 0 atom stereocenters. The van der Waals surface area contributed by atoms with E-state index in [-0.39, 0.29) is 5.41 Å². The highest BCUT2D eigenvalue weighted by atomic mass is 79.9. The molecule has 0 radical (unpaired) electrons. The molecule has 1 aliphatic carbocycles. The molecule has 0 amide bonds. The molecule has 2 aliphatic rings. The van der Waals surface area contributed by atoms with Gasteiger partial charge in [0.1, 0.15) is 0 Å². The summed E-state index contributed by atoms with van der Waals surface area (Å²) in [6, 6.07) is 2.00. The second-order valence-electron chi connectivity index (χ2n) is 5.28. The van der Waals surface area contributed by atoms with Gasteiger partial charge >= 0.3 is 0 Å². The van der Waals surface area contributed by atoms with Crippen molar-refractivity contribution in [3.63, 3.8) is 0 Å². The molecule has 18 heavy (non-hydrogen) atoms. The molecule has 2 N–H and O–H groups in total. The Morgan fingerprint density at radius 3 is 2.72 bits per heavy atom.